The van der Waals surface area contributed by atoms with Crippen molar-refractivity contribution in [2.45, 2.75) is 84.8 Å². The molecule has 0 unspecified atom stereocenters. The first-order chi connectivity index (χ1) is 18.8. The van der Waals surface area contributed by atoms with E-state index < -0.39 is 5.91 Å². The van der Waals surface area contributed by atoms with E-state index in [-0.39, 0.29) is 12.5 Å². The lowest BCUT2D eigenvalue weighted by molar-refractivity contribution is -0.117. The molecule has 1 aliphatic heterocycles. The Balaban J connectivity index is 1.82. The molecule has 39 heavy (non-hydrogen) atoms. The lowest BCUT2D eigenvalue weighted by Gasteiger charge is -2.36. The molecule has 1 aromatic rings. The van der Waals surface area contributed by atoms with E-state index in [1.54, 1.807) is 11.9 Å². The number of amides is 1. The number of ether oxygens (including phenoxy) is 1. The number of hydrogen-bond donors (Lipinski definition) is 0. The number of allylic oxidation sites excluding steroid dienone is 10. The summed E-state index contributed by atoms with van der Waals surface area (Å²) in [7, 11) is 0. The second-order valence-corrected chi connectivity index (χ2v) is 11.4. The monoisotopic (exact) mass is 545 g/mol. The Hall–Kier alpha value is -3.19. The zero-order valence-corrected chi connectivity index (χ0v) is 24.4. The second kappa shape index (κ2) is 13.2. The van der Waals surface area contributed by atoms with Crippen molar-refractivity contribution >= 4 is 23.4 Å². The maximum Gasteiger partial charge on any atom is 0.286 e. The highest BCUT2D eigenvalue weighted by molar-refractivity contribution is 7.96. The third-order valence-electron chi connectivity index (χ3n) is 7.73. The SMILES string of the molecule is C=C(C1=CC=C(C)CC=C1)C(C)=C1/C(=C(/C)CCC(=O)N=O)N(SC)Cc2cc(OC3CCCCC3)cnc21. The van der Waals surface area contributed by atoms with Gasteiger partial charge in [-0.25, -0.2) is 0 Å². The van der Waals surface area contributed by atoms with Gasteiger partial charge in [-0.15, -0.1) is 4.91 Å². The van der Waals surface area contributed by atoms with E-state index in [4.69, 9.17) is 9.72 Å². The molecule has 3 aliphatic rings. The minimum absolute atomic E-state index is 0.0841. The molecule has 0 saturated heterocycles. The highest BCUT2D eigenvalue weighted by Crippen LogP contribution is 2.44. The van der Waals surface area contributed by atoms with Gasteiger partial charge in [-0.2, -0.15) is 0 Å². The number of carbonyl (C=O) groups excluding carboxylic acids is 1. The van der Waals surface area contributed by atoms with Crippen molar-refractivity contribution in [2.24, 2.45) is 5.18 Å². The largest absolute Gasteiger partial charge is 0.489 e. The molecule has 0 spiro atoms. The fraction of sp³-hybridized carbons (Fsp3) is 0.438. The molecule has 1 fully saturated rings. The van der Waals surface area contributed by atoms with Gasteiger partial charge < -0.3 is 9.04 Å². The maximum absolute atomic E-state index is 11.7. The van der Waals surface area contributed by atoms with E-state index in [0.717, 1.165) is 69.8 Å². The first-order valence-corrected chi connectivity index (χ1v) is 15.0. The van der Waals surface area contributed by atoms with Crippen LogP contribution in [0.2, 0.25) is 0 Å². The summed E-state index contributed by atoms with van der Waals surface area (Å²) in [6.07, 6.45) is 20.1. The summed E-state index contributed by atoms with van der Waals surface area (Å²) in [6, 6.07) is 2.14. The van der Waals surface area contributed by atoms with Crippen LogP contribution < -0.4 is 4.74 Å². The van der Waals surface area contributed by atoms with E-state index in [1.165, 1.54) is 24.8 Å². The van der Waals surface area contributed by atoms with Crippen molar-refractivity contribution in [3.05, 3.63) is 92.9 Å². The topological polar surface area (TPSA) is 71.9 Å². The number of pyridine rings is 1. The van der Waals surface area contributed by atoms with E-state index in [9.17, 15) is 9.70 Å². The third kappa shape index (κ3) is 6.88. The van der Waals surface area contributed by atoms with Gasteiger partial charge in [0.05, 0.1) is 30.2 Å². The molecule has 6 nitrogen and oxygen atoms in total. The summed E-state index contributed by atoms with van der Waals surface area (Å²) in [5.41, 5.74) is 9.37. The van der Waals surface area contributed by atoms with Crippen LogP contribution in [0.25, 0.3) is 5.57 Å². The predicted molar refractivity (Wildman–Crippen MR) is 161 cm³/mol. The van der Waals surface area contributed by atoms with Crippen LogP contribution in [0.1, 0.15) is 83.4 Å². The summed E-state index contributed by atoms with van der Waals surface area (Å²) in [5, 5.41) is 2.59. The van der Waals surface area contributed by atoms with Crippen LogP contribution in [-0.2, 0) is 11.3 Å². The van der Waals surface area contributed by atoms with Gasteiger partial charge in [0.1, 0.15) is 5.75 Å². The molecular weight excluding hydrogens is 506 g/mol. The van der Waals surface area contributed by atoms with Crippen LogP contribution in [0, 0.1) is 4.91 Å². The minimum Gasteiger partial charge on any atom is -0.489 e. The predicted octanol–water partition coefficient (Wildman–Crippen LogP) is 8.40. The molecule has 0 radical (unpaired) electrons. The number of aromatic nitrogens is 1. The van der Waals surface area contributed by atoms with Crippen LogP contribution in [0.15, 0.2) is 81.9 Å². The smallest absolute Gasteiger partial charge is 0.286 e. The molecule has 0 aromatic carbocycles. The molecule has 2 aliphatic carbocycles. The molecule has 1 aromatic heterocycles. The maximum atomic E-state index is 11.7. The standard InChI is InChI=1S/C32H39N3O3S/c1-21-10-9-11-25(16-14-21)23(3)24(4)30-31-26(18-28(19-33-31)38-27-12-7-6-8-13-27)20-35(39-5)32(30)22(2)15-17-29(36)34-37/h9,11,14,16,18-19,27H,3,6-8,10,12-13,15,17,20H2,1-2,4-5H3/b30-24?,32-22+. The average Bonchev–Trinajstić information content (AvgIpc) is 3.18. The third-order valence-corrected chi connectivity index (χ3v) is 8.49. The number of nitroso groups, excluding NO2 is 1. The fourth-order valence-electron chi connectivity index (χ4n) is 5.44. The van der Waals surface area contributed by atoms with Crippen molar-refractivity contribution in [1.29, 1.82) is 0 Å². The number of rotatable bonds is 8. The first-order valence-electron chi connectivity index (χ1n) is 13.8. The van der Waals surface area contributed by atoms with Crippen LogP contribution in [0.5, 0.6) is 5.75 Å². The molecule has 0 N–H and O–H groups in total. The summed E-state index contributed by atoms with van der Waals surface area (Å²) in [5.74, 6) is 0.186. The van der Waals surface area contributed by atoms with E-state index in [0.29, 0.717) is 13.0 Å². The Morgan fingerprint density at radius 2 is 1.97 bits per heavy atom. The van der Waals surface area contributed by atoms with Gasteiger partial charge in [0.15, 0.2) is 0 Å². The number of carbonyl (C=O) groups is 1. The zero-order valence-electron chi connectivity index (χ0n) is 23.6. The van der Waals surface area contributed by atoms with Crippen molar-refractivity contribution in [3.63, 3.8) is 0 Å². The zero-order chi connectivity index (χ0) is 27.9. The van der Waals surface area contributed by atoms with Gasteiger partial charge in [0.25, 0.3) is 5.91 Å². The molecule has 206 valence electrons. The second-order valence-electron chi connectivity index (χ2n) is 10.6. The van der Waals surface area contributed by atoms with E-state index in [1.807, 2.05) is 13.1 Å². The summed E-state index contributed by atoms with van der Waals surface area (Å²) >= 11 is 1.63. The van der Waals surface area contributed by atoms with Crippen molar-refractivity contribution in [1.82, 2.24) is 9.29 Å². The van der Waals surface area contributed by atoms with Crippen molar-refractivity contribution < 1.29 is 9.53 Å². The van der Waals surface area contributed by atoms with Gasteiger partial charge in [-0.3, -0.25) is 9.78 Å². The lowest BCUT2D eigenvalue weighted by atomic mass is 9.86. The lowest BCUT2D eigenvalue weighted by Crippen LogP contribution is -2.26. The van der Waals surface area contributed by atoms with Gasteiger partial charge in [-0.05, 0) is 87.7 Å². The molecule has 0 atom stereocenters. The van der Waals surface area contributed by atoms with Crippen LogP contribution in [-0.4, -0.2) is 27.6 Å². The van der Waals surface area contributed by atoms with Gasteiger partial charge >= 0.3 is 0 Å². The summed E-state index contributed by atoms with van der Waals surface area (Å²) in [4.78, 5) is 27.5. The molecular formula is C32H39N3O3S. The highest BCUT2D eigenvalue weighted by Gasteiger charge is 2.31. The molecule has 4 rings (SSSR count). The van der Waals surface area contributed by atoms with E-state index >= 15 is 0 Å². The Morgan fingerprint density at radius 3 is 2.69 bits per heavy atom. The highest BCUT2D eigenvalue weighted by atomic mass is 32.2. The molecule has 1 amide bonds. The summed E-state index contributed by atoms with van der Waals surface area (Å²) < 4.78 is 8.61. The first kappa shape index (κ1) is 28.8. The molecule has 2 heterocycles. The van der Waals surface area contributed by atoms with Crippen LogP contribution >= 0.6 is 11.9 Å². The van der Waals surface area contributed by atoms with Gasteiger partial charge in [0, 0.05) is 29.0 Å². The Morgan fingerprint density at radius 1 is 1.21 bits per heavy atom. The van der Waals surface area contributed by atoms with Gasteiger partial charge in [0.2, 0.25) is 0 Å². The number of nitrogens with zero attached hydrogens (tertiary/aromatic N) is 3. The Bertz CT molecular complexity index is 1300. The normalized spacial score (nSPS) is 20.4. The fourth-order valence-corrected chi connectivity index (χ4v) is 6.13. The Kier molecular flexibility index (Phi) is 9.78. The molecule has 0 bridgehead atoms. The van der Waals surface area contributed by atoms with Crippen LogP contribution in [0.3, 0.4) is 0 Å². The molecule has 7 heteroatoms. The number of fused-ring (bicyclic) bond motifs is 1. The van der Waals surface area contributed by atoms with Crippen molar-refractivity contribution in [2.75, 3.05) is 6.26 Å². The van der Waals surface area contributed by atoms with Crippen molar-refractivity contribution in [3.8, 4) is 5.75 Å². The van der Waals surface area contributed by atoms with E-state index in [2.05, 4.69) is 66.5 Å². The minimum atomic E-state index is -0.632. The summed E-state index contributed by atoms with van der Waals surface area (Å²) in [6.45, 7) is 11.4. The van der Waals surface area contributed by atoms with Crippen LogP contribution in [0.4, 0.5) is 0 Å². The Labute approximate surface area is 236 Å². The van der Waals surface area contributed by atoms with Gasteiger partial charge in [-0.1, -0.05) is 54.8 Å². The average molecular weight is 546 g/mol. The molecule has 1 saturated carbocycles. The number of hydrogen-bond acceptors (Lipinski definition) is 6. The quantitative estimate of drug-likeness (QED) is 0.241.